The zero-order chi connectivity index (χ0) is 11.8. The molecule has 2 N–H and O–H groups in total. The van der Waals surface area contributed by atoms with Crippen molar-refractivity contribution in [1.29, 1.82) is 0 Å². The fraction of sp³-hybridized carbons (Fsp3) is 0.417. The van der Waals surface area contributed by atoms with Gasteiger partial charge in [-0.15, -0.1) is 0 Å². The van der Waals surface area contributed by atoms with E-state index in [0.717, 1.165) is 25.1 Å². The molecule has 0 aliphatic carbocycles. The van der Waals surface area contributed by atoms with Gasteiger partial charge in [0.1, 0.15) is 0 Å². The maximum absolute atomic E-state index is 10.7. The number of methoxy groups -OCH3 is 1. The summed E-state index contributed by atoms with van der Waals surface area (Å²) in [5, 5.41) is 12.0. The second kappa shape index (κ2) is 6.98. The minimum absolute atomic E-state index is 0.330. The molecule has 0 aliphatic heterocycles. The number of benzene rings is 1. The lowest BCUT2D eigenvalue weighted by atomic mass is 10.1. The first-order chi connectivity index (χ1) is 7.74. The van der Waals surface area contributed by atoms with Crippen molar-refractivity contribution in [2.75, 3.05) is 20.3 Å². The summed E-state index contributed by atoms with van der Waals surface area (Å²) in [6.07, 6.45) is 0.953. The molecule has 0 spiro atoms. The predicted molar refractivity (Wildman–Crippen MR) is 61.6 cm³/mol. The van der Waals surface area contributed by atoms with Crippen molar-refractivity contribution in [2.24, 2.45) is 0 Å². The van der Waals surface area contributed by atoms with Crippen molar-refractivity contribution in [3.8, 4) is 0 Å². The largest absolute Gasteiger partial charge is 0.478 e. The molecule has 1 aromatic rings. The summed E-state index contributed by atoms with van der Waals surface area (Å²) in [7, 11) is 1.68. The van der Waals surface area contributed by atoms with Gasteiger partial charge >= 0.3 is 5.97 Å². The SMILES string of the molecule is COCCCNCc1cccc(C(=O)O)c1. The maximum atomic E-state index is 10.7. The molecule has 0 saturated carbocycles. The van der Waals surface area contributed by atoms with E-state index in [-0.39, 0.29) is 0 Å². The highest BCUT2D eigenvalue weighted by atomic mass is 16.5. The molecule has 0 aliphatic rings. The van der Waals surface area contributed by atoms with Gasteiger partial charge in [-0.25, -0.2) is 4.79 Å². The number of aromatic carboxylic acids is 1. The van der Waals surface area contributed by atoms with E-state index in [2.05, 4.69) is 5.32 Å². The Balaban J connectivity index is 2.36. The van der Waals surface area contributed by atoms with Crippen molar-refractivity contribution in [3.63, 3.8) is 0 Å². The van der Waals surface area contributed by atoms with Crippen LogP contribution in [0.2, 0.25) is 0 Å². The van der Waals surface area contributed by atoms with Gasteiger partial charge in [0.2, 0.25) is 0 Å². The van der Waals surface area contributed by atoms with E-state index in [1.807, 2.05) is 6.07 Å². The van der Waals surface area contributed by atoms with Gasteiger partial charge in [-0.2, -0.15) is 0 Å². The molecule has 0 saturated heterocycles. The first-order valence-corrected chi connectivity index (χ1v) is 5.26. The molecule has 4 nitrogen and oxygen atoms in total. The molecule has 0 heterocycles. The van der Waals surface area contributed by atoms with Gasteiger partial charge < -0.3 is 15.2 Å². The summed E-state index contributed by atoms with van der Waals surface area (Å²) < 4.78 is 4.93. The molecule has 1 aromatic carbocycles. The number of carboxylic acid groups (broad SMARTS) is 1. The third-order valence-electron chi connectivity index (χ3n) is 2.21. The van der Waals surface area contributed by atoms with Gasteiger partial charge in [-0.1, -0.05) is 12.1 Å². The molecule has 1 rings (SSSR count). The normalized spacial score (nSPS) is 10.3. The molecule has 0 fully saturated rings. The molecule has 0 unspecified atom stereocenters. The van der Waals surface area contributed by atoms with Crippen LogP contribution in [0.1, 0.15) is 22.3 Å². The van der Waals surface area contributed by atoms with Crippen molar-refractivity contribution in [1.82, 2.24) is 5.32 Å². The van der Waals surface area contributed by atoms with Gasteiger partial charge in [0.15, 0.2) is 0 Å². The number of carbonyl (C=O) groups is 1. The highest BCUT2D eigenvalue weighted by Gasteiger charge is 2.02. The van der Waals surface area contributed by atoms with Crippen LogP contribution in [-0.2, 0) is 11.3 Å². The Morgan fingerprint density at radius 2 is 2.31 bits per heavy atom. The molecule has 0 aromatic heterocycles. The van der Waals surface area contributed by atoms with Crippen LogP contribution in [0.5, 0.6) is 0 Å². The van der Waals surface area contributed by atoms with E-state index in [4.69, 9.17) is 9.84 Å². The van der Waals surface area contributed by atoms with Crippen molar-refractivity contribution in [3.05, 3.63) is 35.4 Å². The van der Waals surface area contributed by atoms with E-state index in [0.29, 0.717) is 12.1 Å². The van der Waals surface area contributed by atoms with E-state index >= 15 is 0 Å². The zero-order valence-corrected chi connectivity index (χ0v) is 9.40. The Morgan fingerprint density at radius 1 is 1.50 bits per heavy atom. The highest BCUT2D eigenvalue weighted by molar-refractivity contribution is 5.87. The minimum atomic E-state index is -0.888. The maximum Gasteiger partial charge on any atom is 0.335 e. The van der Waals surface area contributed by atoms with Gasteiger partial charge in [0.25, 0.3) is 0 Å². The summed E-state index contributed by atoms with van der Waals surface area (Å²) in [6.45, 7) is 2.29. The van der Waals surface area contributed by atoms with Crippen LogP contribution in [0.3, 0.4) is 0 Å². The standard InChI is InChI=1S/C12H17NO3/c1-16-7-3-6-13-9-10-4-2-5-11(8-10)12(14)15/h2,4-5,8,13H,3,6-7,9H2,1H3,(H,14,15). The topological polar surface area (TPSA) is 58.6 Å². The van der Waals surface area contributed by atoms with E-state index in [9.17, 15) is 4.79 Å². The van der Waals surface area contributed by atoms with Crippen LogP contribution >= 0.6 is 0 Å². The first-order valence-electron chi connectivity index (χ1n) is 5.26. The van der Waals surface area contributed by atoms with E-state index < -0.39 is 5.97 Å². The third kappa shape index (κ3) is 4.42. The van der Waals surface area contributed by atoms with Crippen LogP contribution < -0.4 is 5.32 Å². The van der Waals surface area contributed by atoms with Crippen LogP contribution in [0.25, 0.3) is 0 Å². The van der Waals surface area contributed by atoms with Gasteiger partial charge in [-0.3, -0.25) is 0 Å². The van der Waals surface area contributed by atoms with Crippen molar-refractivity contribution in [2.45, 2.75) is 13.0 Å². The summed E-state index contributed by atoms with van der Waals surface area (Å²) in [5.41, 5.74) is 1.31. The Kier molecular flexibility index (Phi) is 5.53. The molecule has 0 amide bonds. The molecule has 88 valence electrons. The lowest BCUT2D eigenvalue weighted by molar-refractivity contribution is 0.0697. The molecule has 0 atom stereocenters. The van der Waals surface area contributed by atoms with Gasteiger partial charge in [-0.05, 0) is 30.7 Å². The van der Waals surface area contributed by atoms with Gasteiger partial charge in [0, 0.05) is 20.3 Å². The lowest BCUT2D eigenvalue weighted by Crippen LogP contribution is -2.16. The predicted octanol–water partition coefficient (Wildman–Crippen LogP) is 1.51. The fourth-order valence-electron chi connectivity index (χ4n) is 1.39. The Morgan fingerprint density at radius 3 is 3.00 bits per heavy atom. The van der Waals surface area contributed by atoms with E-state index in [1.165, 1.54) is 0 Å². The van der Waals surface area contributed by atoms with Crippen molar-refractivity contribution < 1.29 is 14.6 Å². The van der Waals surface area contributed by atoms with Crippen LogP contribution in [-0.4, -0.2) is 31.3 Å². The lowest BCUT2D eigenvalue weighted by Gasteiger charge is -2.05. The fourth-order valence-corrected chi connectivity index (χ4v) is 1.39. The second-order valence-electron chi connectivity index (χ2n) is 3.53. The van der Waals surface area contributed by atoms with Crippen LogP contribution in [0, 0.1) is 0 Å². The molecule has 0 bridgehead atoms. The number of hydrogen-bond acceptors (Lipinski definition) is 3. The summed E-state index contributed by atoms with van der Waals surface area (Å²) in [5.74, 6) is -0.888. The number of nitrogens with one attached hydrogen (secondary N) is 1. The molecule has 16 heavy (non-hydrogen) atoms. The third-order valence-corrected chi connectivity index (χ3v) is 2.21. The smallest absolute Gasteiger partial charge is 0.335 e. The molecular formula is C12H17NO3. The van der Waals surface area contributed by atoms with Crippen LogP contribution in [0.15, 0.2) is 24.3 Å². The monoisotopic (exact) mass is 223 g/mol. The average molecular weight is 223 g/mol. The molecule has 0 radical (unpaired) electrons. The Bertz CT molecular complexity index is 339. The average Bonchev–Trinajstić information content (AvgIpc) is 2.29. The minimum Gasteiger partial charge on any atom is -0.478 e. The number of hydrogen-bond donors (Lipinski definition) is 2. The number of carboxylic acids is 1. The highest BCUT2D eigenvalue weighted by Crippen LogP contribution is 2.04. The summed E-state index contributed by atoms with van der Waals surface area (Å²) >= 11 is 0. The first kappa shape index (κ1) is 12.7. The number of rotatable bonds is 7. The quantitative estimate of drug-likeness (QED) is 0.688. The summed E-state index contributed by atoms with van der Waals surface area (Å²) in [4.78, 5) is 10.7. The summed E-state index contributed by atoms with van der Waals surface area (Å²) in [6, 6.07) is 6.95. The Hall–Kier alpha value is -1.39. The van der Waals surface area contributed by atoms with Gasteiger partial charge in [0.05, 0.1) is 5.56 Å². The second-order valence-corrected chi connectivity index (χ2v) is 3.53. The zero-order valence-electron chi connectivity index (χ0n) is 9.40. The number of ether oxygens (including phenoxy) is 1. The van der Waals surface area contributed by atoms with E-state index in [1.54, 1.807) is 25.3 Å². The van der Waals surface area contributed by atoms with Crippen molar-refractivity contribution >= 4 is 5.97 Å². The molecule has 4 heteroatoms. The Labute approximate surface area is 95.2 Å². The van der Waals surface area contributed by atoms with Crippen LogP contribution in [0.4, 0.5) is 0 Å². The molecular weight excluding hydrogens is 206 g/mol.